The van der Waals surface area contributed by atoms with E-state index in [0.29, 0.717) is 18.3 Å². The summed E-state index contributed by atoms with van der Waals surface area (Å²) in [4.78, 5) is 4.46. The van der Waals surface area contributed by atoms with Crippen LogP contribution in [0.3, 0.4) is 0 Å². The number of ether oxygens (including phenoxy) is 1. The Hall–Kier alpha value is -1.88. The number of hydrogen-bond acceptors (Lipinski definition) is 5. The fourth-order valence-corrected chi connectivity index (χ4v) is 2.90. The first-order valence-corrected chi connectivity index (χ1v) is 7.44. The minimum absolute atomic E-state index is 0.143. The third kappa shape index (κ3) is 3.24. The Bertz CT molecular complexity index is 580. The molecule has 2 N–H and O–H groups in total. The van der Waals surface area contributed by atoms with Crippen LogP contribution in [0.2, 0.25) is 0 Å². The van der Waals surface area contributed by atoms with E-state index in [1.54, 1.807) is 0 Å². The van der Waals surface area contributed by atoms with Crippen molar-refractivity contribution in [2.45, 2.75) is 50.7 Å². The van der Waals surface area contributed by atoms with E-state index in [9.17, 15) is 0 Å². The quantitative estimate of drug-likeness (QED) is 0.935. The van der Waals surface area contributed by atoms with Crippen LogP contribution in [-0.2, 0) is 6.61 Å². The van der Waals surface area contributed by atoms with Crippen LogP contribution >= 0.6 is 0 Å². The van der Waals surface area contributed by atoms with Crippen LogP contribution in [0.15, 0.2) is 34.9 Å². The summed E-state index contributed by atoms with van der Waals surface area (Å²) in [6, 6.07) is 9.61. The van der Waals surface area contributed by atoms with E-state index in [1.165, 1.54) is 6.42 Å². The van der Waals surface area contributed by atoms with Crippen molar-refractivity contribution < 1.29 is 9.26 Å². The third-order valence-corrected chi connectivity index (χ3v) is 4.15. The van der Waals surface area contributed by atoms with E-state index in [4.69, 9.17) is 15.0 Å². The van der Waals surface area contributed by atoms with E-state index < -0.39 is 0 Å². The Kier molecular flexibility index (Phi) is 3.92. The molecule has 1 fully saturated rings. The maximum Gasteiger partial charge on any atom is 0.231 e. The topological polar surface area (TPSA) is 74.2 Å². The summed E-state index contributed by atoms with van der Waals surface area (Å²) >= 11 is 0. The molecule has 0 aliphatic heterocycles. The van der Waals surface area contributed by atoms with Gasteiger partial charge in [-0.3, -0.25) is 0 Å². The molecule has 2 atom stereocenters. The number of nitrogens with two attached hydrogens (primary N) is 1. The first kappa shape index (κ1) is 14.1. The highest BCUT2D eigenvalue weighted by molar-refractivity contribution is 5.21. The van der Waals surface area contributed by atoms with Crippen molar-refractivity contribution in [3.63, 3.8) is 0 Å². The lowest BCUT2D eigenvalue weighted by molar-refractivity contribution is 0.222. The van der Waals surface area contributed by atoms with Crippen LogP contribution in [0.25, 0.3) is 0 Å². The lowest BCUT2D eigenvalue weighted by Crippen LogP contribution is -2.44. The molecule has 21 heavy (non-hydrogen) atoms. The van der Waals surface area contributed by atoms with E-state index >= 15 is 0 Å². The molecule has 112 valence electrons. The Morgan fingerprint density at radius 1 is 1.33 bits per heavy atom. The van der Waals surface area contributed by atoms with E-state index in [-0.39, 0.29) is 11.5 Å². The molecule has 1 heterocycles. The molecule has 2 aromatic rings. The zero-order valence-corrected chi connectivity index (χ0v) is 12.3. The van der Waals surface area contributed by atoms with Crippen LogP contribution in [0.4, 0.5) is 0 Å². The number of nitrogens with zero attached hydrogens (tertiary/aromatic N) is 2. The summed E-state index contributed by atoms with van der Waals surface area (Å²) in [6.07, 6.45) is 4.33. The molecular weight excluding hydrogens is 266 g/mol. The van der Waals surface area contributed by atoms with Crippen molar-refractivity contribution in [1.82, 2.24) is 10.1 Å². The first-order chi connectivity index (χ1) is 10.1. The Morgan fingerprint density at radius 2 is 2.14 bits per heavy atom. The molecule has 1 aliphatic carbocycles. The molecule has 0 amide bonds. The minimum Gasteiger partial charge on any atom is -0.485 e. The van der Waals surface area contributed by atoms with Gasteiger partial charge in [0.1, 0.15) is 5.75 Å². The molecule has 3 rings (SSSR count). The molecular formula is C16H21N3O2. The summed E-state index contributed by atoms with van der Waals surface area (Å²) in [5, 5.41) is 4.01. The summed E-state index contributed by atoms with van der Waals surface area (Å²) in [5.41, 5.74) is 6.11. The van der Waals surface area contributed by atoms with Gasteiger partial charge in [-0.15, -0.1) is 0 Å². The van der Waals surface area contributed by atoms with Gasteiger partial charge in [-0.25, -0.2) is 0 Å². The highest BCUT2D eigenvalue weighted by Crippen LogP contribution is 2.38. The molecule has 5 nitrogen and oxygen atoms in total. The van der Waals surface area contributed by atoms with Crippen molar-refractivity contribution in [2.24, 2.45) is 5.73 Å². The molecule has 0 saturated heterocycles. The number of benzene rings is 1. The molecule has 1 aromatic heterocycles. The van der Waals surface area contributed by atoms with E-state index in [0.717, 1.165) is 25.0 Å². The maximum absolute atomic E-state index is 6.37. The molecule has 0 spiro atoms. The van der Waals surface area contributed by atoms with Gasteiger partial charge >= 0.3 is 0 Å². The summed E-state index contributed by atoms with van der Waals surface area (Å²) in [7, 11) is 0. The molecule has 5 heteroatoms. The van der Waals surface area contributed by atoms with Gasteiger partial charge in [0.15, 0.2) is 6.61 Å². The minimum atomic E-state index is -0.262. The van der Waals surface area contributed by atoms with Gasteiger partial charge in [-0.2, -0.15) is 4.98 Å². The standard InChI is InChI=1S/C16H21N3O2/c1-16(17)10-6-5-9-13(16)15-18-14(19-21-15)11-20-12-7-3-2-4-8-12/h2-4,7-8,13H,5-6,9-11,17H2,1H3. The smallest absolute Gasteiger partial charge is 0.231 e. The summed E-state index contributed by atoms with van der Waals surface area (Å²) in [5.74, 6) is 2.15. The number of para-hydroxylation sites is 1. The van der Waals surface area contributed by atoms with Gasteiger partial charge in [-0.1, -0.05) is 36.2 Å². The number of rotatable bonds is 4. The molecule has 1 saturated carbocycles. The van der Waals surface area contributed by atoms with Gasteiger partial charge < -0.3 is 15.0 Å². The van der Waals surface area contributed by atoms with Gasteiger partial charge in [-0.05, 0) is 31.9 Å². The average Bonchev–Trinajstić information content (AvgIpc) is 2.94. The maximum atomic E-state index is 6.37. The highest BCUT2D eigenvalue weighted by atomic mass is 16.5. The van der Waals surface area contributed by atoms with Gasteiger partial charge in [0.25, 0.3) is 0 Å². The molecule has 2 unspecified atom stereocenters. The van der Waals surface area contributed by atoms with Crippen LogP contribution in [-0.4, -0.2) is 15.7 Å². The zero-order chi connectivity index (χ0) is 14.7. The fraction of sp³-hybridized carbons (Fsp3) is 0.500. The van der Waals surface area contributed by atoms with Crippen LogP contribution in [0.5, 0.6) is 5.75 Å². The Labute approximate surface area is 124 Å². The van der Waals surface area contributed by atoms with Crippen LogP contribution in [0.1, 0.15) is 50.2 Å². The lowest BCUT2D eigenvalue weighted by Gasteiger charge is -2.35. The van der Waals surface area contributed by atoms with Crippen molar-refractivity contribution >= 4 is 0 Å². The van der Waals surface area contributed by atoms with Crippen molar-refractivity contribution in [3.8, 4) is 5.75 Å². The third-order valence-electron chi connectivity index (χ3n) is 4.15. The SMILES string of the molecule is CC1(N)CCCCC1c1nc(COc2ccccc2)no1. The average molecular weight is 287 g/mol. The van der Waals surface area contributed by atoms with Gasteiger partial charge in [0, 0.05) is 5.54 Å². The van der Waals surface area contributed by atoms with E-state index in [1.807, 2.05) is 30.3 Å². The predicted octanol–water partition coefficient (Wildman–Crippen LogP) is 3.02. The summed E-state index contributed by atoms with van der Waals surface area (Å²) < 4.78 is 11.0. The van der Waals surface area contributed by atoms with E-state index in [2.05, 4.69) is 17.1 Å². The molecule has 0 radical (unpaired) electrons. The first-order valence-electron chi connectivity index (χ1n) is 7.44. The normalized spacial score (nSPS) is 25.7. The monoisotopic (exact) mass is 287 g/mol. The van der Waals surface area contributed by atoms with Crippen molar-refractivity contribution in [3.05, 3.63) is 42.0 Å². The van der Waals surface area contributed by atoms with Crippen molar-refractivity contribution in [1.29, 1.82) is 0 Å². The molecule has 1 aromatic carbocycles. The Morgan fingerprint density at radius 3 is 2.90 bits per heavy atom. The second-order valence-corrected chi connectivity index (χ2v) is 5.95. The summed E-state index contributed by atoms with van der Waals surface area (Å²) in [6.45, 7) is 2.38. The van der Waals surface area contributed by atoms with Crippen molar-refractivity contribution in [2.75, 3.05) is 0 Å². The predicted molar refractivity (Wildman–Crippen MR) is 78.9 cm³/mol. The van der Waals surface area contributed by atoms with Gasteiger partial charge in [0.05, 0.1) is 5.92 Å². The van der Waals surface area contributed by atoms with Gasteiger partial charge in [0.2, 0.25) is 11.7 Å². The number of hydrogen-bond donors (Lipinski definition) is 1. The zero-order valence-electron chi connectivity index (χ0n) is 12.3. The van der Waals surface area contributed by atoms with Crippen LogP contribution in [0, 0.1) is 0 Å². The molecule has 1 aliphatic rings. The second-order valence-electron chi connectivity index (χ2n) is 5.95. The number of aromatic nitrogens is 2. The van der Waals surface area contributed by atoms with Crippen LogP contribution < -0.4 is 10.5 Å². The second kappa shape index (κ2) is 5.85. The lowest BCUT2D eigenvalue weighted by atomic mass is 9.74. The molecule has 0 bridgehead atoms. The Balaban J connectivity index is 1.66. The fourth-order valence-electron chi connectivity index (χ4n) is 2.90. The largest absolute Gasteiger partial charge is 0.485 e. The highest BCUT2D eigenvalue weighted by Gasteiger charge is 2.37.